The first-order chi connectivity index (χ1) is 9.69. The van der Waals surface area contributed by atoms with E-state index in [2.05, 4.69) is 15.4 Å². The number of aryl methyl sites for hydroxylation is 1. The first-order valence-corrected chi connectivity index (χ1v) is 6.17. The molecule has 1 atom stereocenters. The fourth-order valence-electron chi connectivity index (χ4n) is 1.90. The van der Waals surface area contributed by atoms with Crippen LogP contribution >= 0.6 is 0 Å². The van der Waals surface area contributed by atoms with Gasteiger partial charge in [0.15, 0.2) is 0 Å². The van der Waals surface area contributed by atoms with Crippen molar-refractivity contribution in [3.05, 3.63) is 47.3 Å². The molecule has 0 aliphatic rings. The van der Waals surface area contributed by atoms with E-state index in [1.54, 1.807) is 0 Å². The maximum atomic E-state index is 5.66. The van der Waals surface area contributed by atoms with E-state index in [1.165, 1.54) is 26.0 Å². The lowest BCUT2D eigenvalue weighted by molar-refractivity contribution is 0.352. The standard InChI is InChI=1S/C14H18N4O2/c1-9-4-6-10(7-5-9)12(18-15)13-14(20-3)17-11(19-2)8-16-13/h4-8,12,18H,15H2,1-3H3. The zero-order valence-corrected chi connectivity index (χ0v) is 11.8. The Morgan fingerprint density at radius 1 is 1.15 bits per heavy atom. The van der Waals surface area contributed by atoms with Crippen molar-refractivity contribution in [3.63, 3.8) is 0 Å². The third-order valence-corrected chi connectivity index (χ3v) is 3.00. The van der Waals surface area contributed by atoms with Crippen molar-refractivity contribution in [3.8, 4) is 11.8 Å². The topological polar surface area (TPSA) is 82.3 Å². The fourth-order valence-corrected chi connectivity index (χ4v) is 1.90. The molecule has 3 N–H and O–H groups in total. The molecule has 0 saturated heterocycles. The van der Waals surface area contributed by atoms with Crippen molar-refractivity contribution in [2.24, 2.45) is 5.84 Å². The van der Waals surface area contributed by atoms with Gasteiger partial charge in [0.2, 0.25) is 11.8 Å². The Bertz CT molecular complexity index is 572. The Morgan fingerprint density at radius 2 is 1.85 bits per heavy atom. The van der Waals surface area contributed by atoms with Crippen LogP contribution in [0.5, 0.6) is 11.8 Å². The smallest absolute Gasteiger partial charge is 0.240 e. The minimum absolute atomic E-state index is 0.302. The van der Waals surface area contributed by atoms with Crippen LogP contribution in [0, 0.1) is 6.92 Å². The summed E-state index contributed by atoms with van der Waals surface area (Å²) in [6.45, 7) is 2.03. The van der Waals surface area contributed by atoms with Crippen molar-refractivity contribution in [2.45, 2.75) is 13.0 Å². The average molecular weight is 274 g/mol. The third kappa shape index (κ3) is 2.87. The van der Waals surface area contributed by atoms with Crippen molar-refractivity contribution in [2.75, 3.05) is 14.2 Å². The lowest BCUT2D eigenvalue weighted by Gasteiger charge is -2.18. The van der Waals surface area contributed by atoms with Crippen molar-refractivity contribution >= 4 is 0 Å². The number of aromatic nitrogens is 2. The quantitative estimate of drug-likeness (QED) is 0.632. The van der Waals surface area contributed by atoms with Crippen LogP contribution in [0.2, 0.25) is 0 Å². The second-order valence-corrected chi connectivity index (χ2v) is 4.32. The largest absolute Gasteiger partial charge is 0.480 e. The summed E-state index contributed by atoms with van der Waals surface area (Å²) in [4.78, 5) is 8.55. The summed E-state index contributed by atoms with van der Waals surface area (Å²) in [5.74, 6) is 6.44. The highest BCUT2D eigenvalue weighted by molar-refractivity contribution is 5.35. The predicted octanol–water partition coefficient (Wildman–Crippen LogP) is 1.35. The molecule has 6 heteroatoms. The number of nitrogens with one attached hydrogen (secondary N) is 1. The second kappa shape index (κ2) is 6.31. The first kappa shape index (κ1) is 14.2. The van der Waals surface area contributed by atoms with E-state index in [9.17, 15) is 0 Å². The van der Waals surface area contributed by atoms with Crippen LogP contribution < -0.4 is 20.7 Å². The number of rotatable bonds is 5. The molecule has 20 heavy (non-hydrogen) atoms. The minimum Gasteiger partial charge on any atom is -0.480 e. The van der Waals surface area contributed by atoms with Gasteiger partial charge >= 0.3 is 0 Å². The van der Waals surface area contributed by atoms with Gasteiger partial charge in [-0.1, -0.05) is 29.8 Å². The van der Waals surface area contributed by atoms with Gasteiger partial charge in [0.1, 0.15) is 5.69 Å². The van der Waals surface area contributed by atoms with Crippen LogP contribution in [-0.2, 0) is 0 Å². The first-order valence-electron chi connectivity index (χ1n) is 6.17. The molecule has 1 unspecified atom stereocenters. The Kier molecular flexibility index (Phi) is 4.49. The number of hydrazine groups is 1. The van der Waals surface area contributed by atoms with Gasteiger partial charge in [0.05, 0.1) is 26.5 Å². The van der Waals surface area contributed by atoms with Crippen LogP contribution in [-0.4, -0.2) is 24.2 Å². The monoisotopic (exact) mass is 274 g/mol. The molecule has 6 nitrogen and oxygen atoms in total. The molecule has 0 aliphatic heterocycles. The molecule has 2 aromatic rings. The number of benzene rings is 1. The molecule has 1 heterocycles. The van der Waals surface area contributed by atoms with Crippen molar-refractivity contribution in [1.29, 1.82) is 0 Å². The summed E-state index contributed by atoms with van der Waals surface area (Å²) in [7, 11) is 3.07. The highest BCUT2D eigenvalue weighted by Gasteiger charge is 2.20. The summed E-state index contributed by atoms with van der Waals surface area (Å²) < 4.78 is 10.3. The molecule has 0 saturated carbocycles. The van der Waals surface area contributed by atoms with Gasteiger partial charge in [-0.25, -0.2) is 10.4 Å². The van der Waals surface area contributed by atoms with E-state index in [0.717, 1.165) is 5.56 Å². The maximum absolute atomic E-state index is 5.66. The SMILES string of the molecule is COc1cnc(C(NN)c2ccc(C)cc2)c(OC)n1. The van der Waals surface area contributed by atoms with Crippen LogP contribution in [0.3, 0.4) is 0 Å². The highest BCUT2D eigenvalue weighted by Crippen LogP contribution is 2.27. The molecular formula is C14H18N4O2. The number of hydrogen-bond donors (Lipinski definition) is 2. The summed E-state index contributed by atoms with van der Waals surface area (Å²) in [5.41, 5.74) is 5.51. The predicted molar refractivity (Wildman–Crippen MR) is 75.5 cm³/mol. The third-order valence-electron chi connectivity index (χ3n) is 3.00. The summed E-state index contributed by atoms with van der Waals surface area (Å²) in [6.07, 6.45) is 1.54. The van der Waals surface area contributed by atoms with E-state index in [1.807, 2.05) is 31.2 Å². The van der Waals surface area contributed by atoms with Crippen LogP contribution in [0.1, 0.15) is 22.9 Å². The lowest BCUT2D eigenvalue weighted by atomic mass is 10.0. The summed E-state index contributed by atoms with van der Waals surface area (Å²) in [6, 6.07) is 7.71. The van der Waals surface area contributed by atoms with Gasteiger partial charge in [0, 0.05) is 0 Å². The highest BCUT2D eigenvalue weighted by atomic mass is 16.5. The van der Waals surface area contributed by atoms with Crippen molar-refractivity contribution in [1.82, 2.24) is 15.4 Å². The molecule has 0 bridgehead atoms. The molecule has 106 valence electrons. The number of methoxy groups -OCH3 is 2. The summed E-state index contributed by atoms with van der Waals surface area (Å²) in [5, 5.41) is 0. The normalized spacial score (nSPS) is 12.0. The Hall–Kier alpha value is -2.18. The zero-order valence-electron chi connectivity index (χ0n) is 11.8. The summed E-state index contributed by atoms with van der Waals surface area (Å²) >= 11 is 0. The van der Waals surface area contributed by atoms with Gasteiger partial charge in [-0.3, -0.25) is 5.84 Å². The molecule has 0 aliphatic carbocycles. The van der Waals surface area contributed by atoms with Gasteiger partial charge in [-0.05, 0) is 12.5 Å². The van der Waals surface area contributed by atoms with Crippen LogP contribution in [0.25, 0.3) is 0 Å². The maximum Gasteiger partial charge on any atom is 0.240 e. The molecule has 1 aromatic heterocycles. The van der Waals surface area contributed by atoms with Crippen molar-refractivity contribution < 1.29 is 9.47 Å². The Morgan fingerprint density at radius 3 is 2.40 bits per heavy atom. The van der Waals surface area contributed by atoms with E-state index in [4.69, 9.17) is 15.3 Å². The minimum atomic E-state index is -0.302. The van der Waals surface area contributed by atoms with Gasteiger partial charge in [-0.15, -0.1) is 0 Å². The van der Waals surface area contributed by atoms with Gasteiger partial charge in [-0.2, -0.15) is 4.98 Å². The van der Waals surface area contributed by atoms with Gasteiger partial charge < -0.3 is 9.47 Å². The molecule has 0 fully saturated rings. The van der Waals surface area contributed by atoms with E-state index >= 15 is 0 Å². The van der Waals surface area contributed by atoms with Gasteiger partial charge in [0.25, 0.3) is 0 Å². The van der Waals surface area contributed by atoms with Crippen LogP contribution in [0.4, 0.5) is 0 Å². The number of nitrogens with two attached hydrogens (primary N) is 1. The van der Waals surface area contributed by atoms with E-state index in [0.29, 0.717) is 17.5 Å². The number of nitrogens with zero attached hydrogens (tertiary/aromatic N) is 2. The molecule has 0 radical (unpaired) electrons. The van der Waals surface area contributed by atoms with E-state index < -0.39 is 0 Å². The molecule has 0 spiro atoms. The molecule has 0 amide bonds. The Balaban J connectivity index is 2.43. The van der Waals surface area contributed by atoms with E-state index in [-0.39, 0.29) is 6.04 Å². The second-order valence-electron chi connectivity index (χ2n) is 4.32. The fraction of sp³-hybridized carbons (Fsp3) is 0.286. The lowest BCUT2D eigenvalue weighted by Crippen LogP contribution is -2.30. The number of hydrogen-bond acceptors (Lipinski definition) is 6. The molecule has 1 aromatic carbocycles. The Labute approximate surface area is 117 Å². The number of ether oxygens (including phenoxy) is 2. The molecule has 2 rings (SSSR count). The zero-order chi connectivity index (χ0) is 14.5. The van der Waals surface area contributed by atoms with Crippen LogP contribution in [0.15, 0.2) is 30.5 Å². The molecular weight excluding hydrogens is 256 g/mol. The average Bonchev–Trinajstić information content (AvgIpc) is 2.50.